The summed E-state index contributed by atoms with van der Waals surface area (Å²) in [7, 11) is 0. The van der Waals surface area contributed by atoms with Crippen LogP contribution in [0.2, 0.25) is 0 Å². The van der Waals surface area contributed by atoms with Gasteiger partial charge in [-0.2, -0.15) is 0 Å². The number of aromatic nitrogens is 2. The molecule has 2 aromatic carbocycles. The van der Waals surface area contributed by atoms with E-state index < -0.39 is 13.7 Å². The Morgan fingerprint density at radius 2 is 1.96 bits per heavy atom. The zero-order chi connectivity index (χ0) is 21.7. The molecule has 4 aromatic rings. The van der Waals surface area contributed by atoms with Crippen molar-refractivity contribution in [2.75, 3.05) is 0 Å². The van der Waals surface area contributed by atoms with Gasteiger partial charge in [0.05, 0.1) is 5.69 Å². The summed E-state index contributed by atoms with van der Waals surface area (Å²) in [4.78, 5) is 8.70. The molecule has 0 aliphatic carbocycles. The van der Waals surface area contributed by atoms with Gasteiger partial charge in [-0.3, -0.25) is 4.98 Å². The van der Waals surface area contributed by atoms with Gasteiger partial charge >= 0.3 is 0 Å². The van der Waals surface area contributed by atoms with Crippen LogP contribution in [0, 0.1) is 20.6 Å². The highest BCUT2D eigenvalue weighted by molar-refractivity contribution is 5.92. The number of pyridine rings is 1. The summed E-state index contributed by atoms with van der Waals surface area (Å²) in [5, 5.41) is 0. The molecule has 0 aliphatic heterocycles. The second-order valence-electron chi connectivity index (χ2n) is 5.58. The Morgan fingerprint density at radius 1 is 1.00 bits per heavy atom. The van der Waals surface area contributed by atoms with Crippen LogP contribution in [0.25, 0.3) is 33.5 Å². The fourth-order valence-electron chi connectivity index (χ4n) is 2.77. The second-order valence-corrected chi connectivity index (χ2v) is 5.58. The molecule has 0 radical (unpaired) electrons. The largest absolute Gasteiger partial charge is 0.441 e. The average Bonchev–Trinajstić information content (AvgIpc) is 3.06. The van der Waals surface area contributed by atoms with Crippen LogP contribution < -0.4 is 0 Å². The number of hydrogen-bond acceptors (Lipinski definition) is 3. The molecule has 24 heavy (non-hydrogen) atoms. The van der Waals surface area contributed by atoms with Gasteiger partial charge in [-0.25, -0.2) is 4.98 Å². The molecule has 2 heterocycles. The Morgan fingerprint density at radius 3 is 2.75 bits per heavy atom. The van der Waals surface area contributed by atoms with E-state index in [0.717, 1.165) is 0 Å². The van der Waals surface area contributed by atoms with E-state index in [1.807, 2.05) is 6.07 Å². The van der Waals surface area contributed by atoms with Gasteiger partial charge in [0.1, 0.15) is 5.52 Å². The first kappa shape index (κ1) is 9.38. The number of hydrogen-bond donors (Lipinski definition) is 0. The number of oxazole rings is 1. The topological polar surface area (TPSA) is 38.9 Å². The molecule has 0 spiro atoms. The van der Waals surface area contributed by atoms with Crippen LogP contribution in [0.1, 0.15) is 25.2 Å². The van der Waals surface area contributed by atoms with Gasteiger partial charge in [0.15, 0.2) is 11.5 Å². The fourth-order valence-corrected chi connectivity index (χ4v) is 2.77. The maximum atomic E-state index is 7.96. The first-order valence-corrected chi connectivity index (χ1v) is 7.52. The van der Waals surface area contributed by atoms with Crippen molar-refractivity contribution < 1.29 is 12.6 Å². The van der Waals surface area contributed by atoms with E-state index in [1.54, 1.807) is 43.3 Å². The average molecular weight is 320 g/mol. The zero-order valence-electron chi connectivity index (χ0n) is 19.0. The molecule has 0 saturated carbocycles. The predicted octanol–water partition coefficient (Wildman–Crippen LogP) is 5.48. The highest BCUT2D eigenvalue weighted by Crippen LogP contribution is 2.33. The maximum absolute atomic E-state index is 7.96. The molecule has 3 heteroatoms. The molecule has 0 saturated heterocycles. The summed E-state index contributed by atoms with van der Waals surface area (Å²) >= 11 is 0. The van der Waals surface area contributed by atoms with Crippen molar-refractivity contribution in [3.05, 3.63) is 71.7 Å². The number of fused-ring (bicyclic) bond motifs is 1. The van der Waals surface area contributed by atoms with E-state index in [-0.39, 0.29) is 11.1 Å². The van der Waals surface area contributed by atoms with E-state index in [1.165, 1.54) is 12.3 Å². The first-order valence-electron chi connectivity index (χ1n) is 10.5. The molecule has 0 bridgehead atoms. The van der Waals surface area contributed by atoms with Crippen LogP contribution in [0.15, 0.2) is 59.1 Å². The minimum Gasteiger partial charge on any atom is -0.441 e. The molecule has 4 rings (SSSR count). The number of para-hydroxylation sites is 1. The number of benzene rings is 2. The van der Waals surface area contributed by atoms with Crippen molar-refractivity contribution in [3.63, 3.8) is 0 Å². The molecule has 0 aliphatic rings. The van der Waals surface area contributed by atoms with Gasteiger partial charge in [0.25, 0.3) is 0 Å². The van der Waals surface area contributed by atoms with Crippen LogP contribution in [-0.2, 0) is 0 Å². The van der Waals surface area contributed by atoms with Gasteiger partial charge in [-0.1, -0.05) is 30.3 Å². The SMILES string of the molecule is [2H]C([2H])([2H])c1ccc(-c2ccc(C([2H])([2H])[2H])c(-c3cccc4oc(C)nc34)c2)nc1. The van der Waals surface area contributed by atoms with Gasteiger partial charge < -0.3 is 4.42 Å². The predicted molar refractivity (Wildman–Crippen MR) is 96.9 cm³/mol. The number of nitrogens with zero attached hydrogens (tertiary/aromatic N) is 2. The molecule has 118 valence electrons. The van der Waals surface area contributed by atoms with Gasteiger partial charge in [-0.05, 0) is 48.6 Å². The van der Waals surface area contributed by atoms with Crippen molar-refractivity contribution in [1.82, 2.24) is 9.97 Å². The summed E-state index contributed by atoms with van der Waals surface area (Å²) in [5.74, 6) is 0.492. The summed E-state index contributed by atoms with van der Waals surface area (Å²) < 4.78 is 51.9. The van der Waals surface area contributed by atoms with Crippen molar-refractivity contribution in [3.8, 4) is 22.4 Å². The fraction of sp³-hybridized carbons (Fsp3) is 0.143. The monoisotopic (exact) mass is 320 g/mol. The molecular weight excluding hydrogens is 296 g/mol. The summed E-state index contributed by atoms with van der Waals surface area (Å²) in [6.07, 6.45) is 1.32. The van der Waals surface area contributed by atoms with Crippen molar-refractivity contribution >= 4 is 11.1 Å². The minimum atomic E-state index is -2.33. The summed E-state index contributed by atoms with van der Waals surface area (Å²) in [6.45, 7) is -2.82. The quantitative estimate of drug-likeness (QED) is 0.491. The molecule has 3 nitrogen and oxygen atoms in total. The molecule has 0 unspecified atom stereocenters. The maximum Gasteiger partial charge on any atom is 0.192 e. The molecule has 2 aromatic heterocycles. The zero-order valence-corrected chi connectivity index (χ0v) is 13.0. The molecule has 0 amide bonds. The Hall–Kier alpha value is -2.94. The van der Waals surface area contributed by atoms with Crippen molar-refractivity contribution in [2.45, 2.75) is 20.6 Å². The Bertz CT molecular complexity index is 1220. The van der Waals surface area contributed by atoms with Crippen LogP contribution >= 0.6 is 0 Å². The Labute approximate surface area is 149 Å². The lowest BCUT2D eigenvalue weighted by Gasteiger charge is -2.10. The Kier molecular flexibility index (Phi) is 2.19. The lowest BCUT2D eigenvalue weighted by Crippen LogP contribution is -1.89. The van der Waals surface area contributed by atoms with E-state index in [0.29, 0.717) is 39.4 Å². The Balaban J connectivity index is 1.91. The van der Waals surface area contributed by atoms with E-state index in [9.17, 15) is 0 Å². The third-order valence-corrected chi connectivity index (χ3v) is 3.89. The highest BCUT2D eigenvalue weighted by Gasteiger charge is 2.12. The van der Waals surface area contributed by atoms with Crippen molar-refractivity contribution in [1.29, 1.82) is 0 Å². The normalized spacial score (nSPS) is 15.9. The summed E-state index contributed by atoms with van der Waals surface area (Å²) in [5.41, 5.74) is 3.88. The summed E-state index contributed by atoms with van der Waals surface area (Å²) in [6, 6.07) is 13.5. The van der Waals surface area contributed by atoms with Gasteiger partial charge in [0.2, 0.25) is 0 Å². The minimum absolute atomic E-state index is 0.147. The van der Waals surface area contributed by atoms with Gasteiger partial charge in [-0.15, -0.1) is 0 Å². The van der Waals surface area contributed by atoms with E-state index in [4.69, 9.17) is 12.6 Å². The van der Waals surface area contributed by atoms with Crippen LogP contribution in [0.4, 0.5) is 0 Å². The second kappa shape index (κ2) is 5.60. The van der Waals surface area contributed by atoms with Crippen LogP contribution in [0.3, 0.4) is 0 Å². The van der Waals surface area contributed by atoms with Crippen molar-refractivity contribution in [2.24, 2.45) is 0 Å². The molecule has 0 atom stereocenters. The molecule has 0 N–H and O–H groups in total. The van der Waals surface area contributed by atoms with E-state index in [2.05, 4.69) is 9.97 Å². The van der Waals surface area contributed by atoms with E-state index >= 15 is 0 Å². The standard InChI is InChI=1S/C21H18N2O/c1-13-7-10-19(22-12-13)16-9-8-14(2)18(11-16)17-5-4-6-20-21(17)23-15(3)24-20/h4-12H,1-3H3/i1D3,2D3. The highest BCUT2D eigenvalue weighted by atomic mass is 16.3. The lowest BCUT2D eigenvalue weighted by molar-refractivity contribution is 0.561. The van der Waals surface area contributed by atoms with Crippen LogP contribution in [0.5, 0.6) is 0 Å². The molecular formula is C21H18N2O. The third kappa shape index (κ3) is 2.48. The number of rotatable bonds is 2. The first-order chi connectivity index (χ1) is 14.0. The molecule has 0 fully saturated rings. The van der Waals surface area contributed by atoms with Gasteiger partial charge in [0, 0.05) is 32.5 Å². The third-order valence-electron chi connectivity index (χ3n) is 3.89. The number of aryl methyl sites for hydroxylation is 3. The smallest absolute Gasteiger partial charge is 0.192 e. The lowest BCUT2D eigenvalue weighted by atomic mass is 9.96. The van der Waals surface area contributed by atoms with Crippen LogP contribution in [-0.4, -0.2) is 9.97 Å².